The zero-order valence-electron chi connectivity index (χ0n) is 17.3. The molecule has 1 aliphatic rings. The molecule has 0 fully saturated rings. The number of nitrogens with one attached hydrogen (secondary N) is 2. The van der Waals surface area contributed by atoms with Crippen LogP contribution >= 0.6 is 24.0 Å². The maximum atomic E-state index is 4.76. The third kappa shape index (κ3) is 5.09. The Kier molecular flexibility index (Phi) is 7.15. The zero-order chi connectivity index (χ0) is 19.5. The normalized spacial score (nSPS) is 16.6. The Balaban J connectivity index is 0.00000240. The number of imidazole rings is 1. The fourth-order valence-corrected chi connectivity index (χ4v) is 3.70. The highest BCUT2D eigenvalue weighted by atomic mass is 127. The molecule has 3 aromatic rings. The van der Waals surface area contributed by atoms with E-state index < -0.39 is 0 Å². The third-order valence-corrected chi connectivity index (χ3v) is 5.28. The standard InChI is InChI=1S/C21H29N7.HI/c1-15(2)28-13-16-7-8-17(12-19(16)26-28)25-21(22-3)23-10-9-18-14-27-11-5-4-6-20(27)24-18;/h4-6,11,13-15,17H,7-10,12H2,1-3H3,(H2,22,23,25);1H. The van der Waals surface area contributed by atoms with Crippen molar-refractivity contribution in [2.24, 2.45) is 4.99 Å². The average molecular weight is 507 g/mol. The minimum absolute atomic E-state index is 0. The van der Waals surface area contributed by atoms with Crippen LogP contribution in [0.15, 0.2) is 41.8 Å². The Labute approximate surface area is 189 Å². The van der Waals surface area contributed by atoms with E-state index in [0.717, 1.165) is 49.5 Å². The van der Waals surface area contributed by atoms with Gasteiger partial charge in [0.2, 0.25) is 0 Å². The van der Waals surface area contributed by atoms with E-state index >= 15 is 0 Å². The molecule has 156 valence electrons. The number of halogens is 1. The number of hydrogen-bond acceptors (Lipinski definition) is 3. The van der Waals surface area contributed by atoms with Gasteiger partial charge in [-0.3, -0.25) is 9.67 Å². The first-order valence-electron chi connectivity index (χ1n) is 10.1. The fourth-order valence-electron chi connectivity index (χ4n) is 3.70. The van der Waals surface area contributed by atoms with E-state index in [0.29, 0.717) is 12.1 Å². The molecule has 0 aliphatic heterocycles. The van der Waals surface area contributed by atoms with Gasteiger partial charge in [0.1, 0.15) is 5.65 Å². The van der Waals surface area contributed by atoms with Crippen molar-refractivity contribution in [1.29, 1.82) is 0 Å². The van der Waals surface area contributed by atoms with Crippen molar-refractivity contribution in [3.63, 3.8) is 0 Å². The first-order chi connectivity index (χ1) is 13.6. The van der Waals surface area contributed by atoms with Gasteiger partial charge in [-0.1, -0.05) is 6.07 Å². The first kappa shape index (κ1) is 21.6. The molecule has 29 heavy (non-hydrogen) atoms. The van der Waals surface area contributed by atoms with E-state index in [1.165, 1.54) is 11.3 Å². The minimum atomic E-state index is 0. The van der Waals surface area contributed by atoms with Gasteiger partial charge in [0, 0.05) is 57.1 Å². The van der Waals surface area contributed by atoms with Crippen molar-refractivity contribution in [3.8, 4) is 0 Å². The molecule has 7 nitrogen and oxygen atoms in total. The number of aromatic nitrogens is 4. The summed E-state index contributed by atoms with van der Waals surface area (Å²) < 4.78 is 4.13. The molecule has 1 unspecified atom stereocenters. The van der Waals surface area contributed by atoms with Crippen LogP contribution in [0.4, 0.5) is 0 Å². The molecule has 1 atom stereocenters. The van der Waals surface area contributed by atoms with Crippen molar-refractivity contribution >= 4 is 35.6 Å². The summed E-state index contributed by atoms with van der Waals surface area (Å²) in [6.45, 7) is 5.13. The summed E-state index contributed by atoms with van der Waals surface area (Å²) in [5, 5.41) is 11.7. The molecular formula is C21H30IN7. The van der Waals surface area contributed by atoms with Crippen LogP contribution in [-0.2, 0) is 19.3 Å². The van der Waals surface area contributed by atoms with Gasteiger partial charge >= 0.3 is 0 Å². The molecular weight excluding hydrogens is 477 g/mol. The molecule has 8 heteroatoms. The Hall–Kier alpha value is -2.10. The van der Waals surface area contributed by atoms with Crippen LogP contribution in [-0.4, -0.2) is 44.8 Å². The highest BCUT2D eigenvalue weighted by Crippen LogP contribution is 2.21. The highest BCUT2D eigenvalue weighted by Gasteiger charge is 2.22. The maximum Gasteiger partial charge on any atom is 0.191 e. The van der Waals surface area contributed by atoms with E-state index in [-0.39, 0.29) is 24.0 Å². The fraction of sp³-hybridized carbons (Fsp3) is 0.476. The summed E-state index contributed by atoms with van der Waals surface area (Å²) in [5.74, 6) is 0.848. The number of guanidine groups is 1. The largest absolute Gasteiger partial charge is 0.356 e. The van der Waals surface area contributed by atoms with Crippen LogP contribution in [0.1, 0.15) is 43.3 Å². The Morgan fingerprint density at radius 3 is 2.93 bits per heavy atom. The van der Waals surface area contributed by atoms with E-state index in [4.69, 9.17) is 5.10 Å². The predicted molar refractivity (Wildman–Crippen MR) is 127 cm³/mol. The van der Waals surface area contributed by atoms with Gasteiger partial charge in [0.05, 0.1) is 11.4 Å². The van der Waals surface area contributed by atoms with Crippen molar-refractivity contribution < 1.29 is 0 Å². The second kappa shape index (κ2) is 9.60. The van der Waals surface area contributed by atoms with Crippen LogP contribution < -0.4 is 10.6 Å². The summed E-state index contributed by atoms with van der Waals surface area (Å²) >= 11 is 0. The molecule has 4 rings (SSSR count). The van der Waals surface area contributed by atoms with Crippen molar-refractivity contribution in [2.45, 2.75) is 51.6 Å². The molecule has 0 spiro atoms. The average Bonchev–Trinajstić information content (AvgIpc) is 3.30. The Morgan fingerprint density at radius 1 is 1.31 bits per heavy atom. The Bertz CT molecular complexity index is 939. The predicted octanol–water partition coefficient (Wildman–Crippen LogP) is 2.99. The van der Waals surface area contributed by atoms with Gasteiger partial charge in [-0.25, -0.2) is 4.98 Å². The smallest absolute Gasteiger partial charge is 0.191 e. The molecule has 2 N–H and O–H groups in total. The van der Waals surface area contributed by atoms with Crippen molar-refractivity contribution in [1.82, 2.24) is 29.8 Å². The monoisotopic (exact) mass is 507 g/mol. The molecule has 3 heterocycles. The molecule has 1 aliphatic carbocycles. The third-order valence-electron chi connectivity index (χ3n) is 5.28. The lowest BCUT2D eigenvalue weighted by molar-refractivity contribution is 0.499. The van der Waals surface area contributed by atoms with Gasteiger partial charge in [0.15, 0.2) is 5.96 Å². The first-order valence-corrected chi connectivity index (χ1v) is 10.1. The second-order valence-corrected chi connectivity index (χ2v) is 7.71. The molecule has 0 amide bonds. The van der Waals surface area contributed by atoms with Crippen LogP contribution in [0.3, 0.4) is 0 Å². The zero-order valence-corrected chi connectivity index (χ0v) is 19.6. The molecule has 0 bridgehead atoms. The van der Waals surface area contributed by atoms with Crippen LogP contribution in [0, 0.1) is 0 Å². The topological polar surface area (TPSA) is 71.5 Å². The van der Waals surface area contributed by atoms with Crippen LogP contribution in [0.5, 0.6) is 0 Å². The summed E-state index contributed by atoms with van der Waals surface area (Å²) in [5.41, 5.74) is 4.67. The SMILES string of the molecule is CN=C(NCCc1cn2ccccc2n1)NC1CCc2cn(C(C)C)nc2C1.I. The van der Waals surface area contributed by atoms with Gasteiger partial charge in [-0.05, 0) is 44.4 Å². The van der Waals surface area contributed by atoms with Gasteiger partial charge in [-0.2, -0.15) is 5.10 Å². The van der Waals surface area contributed by atoms with Gasteiger partial charge < -0.3 is 15.0 Å². The number of hydrogen-bond donors (Lipinski definition) is 2. The van der Waals surface area contributed by atoms with Gasteiger partial charge in [-0.15, -0.1) is 24.0 Å². The summed E-state index contributed by atoms with van der Waals surface area (Å²) in [7, 11) is 1.82. The van der Waals surface area contributed by atoms with E-state index in [1.54, 1.807) is 0 Å². The van der Waals surface area contributed by atoms with E-state index in [1.807, 2.05) is 31.4 Å². The lowest BCUT2D eigenvalue weighted by Gasteiger charge is -2.24. The highest BCUT2D eigenvalue weighted by molar-refractivity contribution is 14.0. The molecule has 0 saturated heterocycles. The number of nitrogens with zero attached hydrogens (tertiary/aromatic N) is 5. The molecule has 0 saturated carbocycles. The second-order valence-electron chi connectivity index (χ2n) is 7.71. The van der Waals surface area contributed by atoms with Crippen LogP contribution in [0.25, 0.3) is 5.65 Å². The lowest BCUT2D eigenvalue weighted by atomic mass is 9.94. The van der Waals surface area contributed by atoms with Gasteiger partial charge in [0.25, 0.3) is 0 Å². The van der Waals surface area contributed by atoms with Crippen LogP contribution in [0.2, 0.25) is 0 Å². The minimum Gasteiger partial charge on any atom is -0.356 e. The lowest BCUT2D eigenvalue weighted by Crippen LogP contribution is -2.46. The molecule has 0 aromatic carbocycles. The quantitative estimate of drug-likeness (QED) is 0.317. The van der Waals surface area contributed by atoms with Crippen molar-refractivity contribution in [3.05, 3.63) is 53.7 Å². The Morgan fingerprint density at radius 2 is 2.17 bits per heavy atom. The van der Waals surface area contributed by atoms with Crippen molar-refractivity contribution in [2.75, 3.05) is 13.6 Å². The van der Waals surface area contributed by atoms with E-state index in [9.17, 15) is 0 Å². The summed E-state index contributed by atoms with van der Waals surface area (Å²) in [6.07, 6.45) is 10.3. The number of rotatable bonds is 5. The summed E-state index contributed by atoms with van der Waals surface area (Å²) in [4.78, 5) is 9.03. The molecule has 0 radical (unpaired) electrons. The number of pyridine rings is 1. The summed E-state index contributed by atoms with van der Waals surface area (Å²) in [6, 6.07) is 6.82. The molecule has 3 aromatic heterocycles. The maximum absolute atomic E-state index is 4.76. The number of aliphatic imine (C=N–C) groups is 1. The number of fused-ring (bicyclic) bond motifs is 2. The number of aryl methyl sites for hydroxylation is 1. The van der Waals surface area contributed by atoms with E-state index in [2.05, 4.69) is 55.9 Å².